The fraction of sp³-hybridized carbons (Fsp3) is 0. The van der Waals surface area contributed by atoms with E-state index in [2.05, 4.69) is 203 Å². The molecule has 0 saturated carbocycles. The third kappa shape index (κ3) is 4.50. The van der Waals surface area contributed by atoms with Crippen LogP contribution in [0.4, 0.5) is 0 Å². The molecule has 10 aromatic rings. The lowest BCUT2D eigenvalue weighted by Crippen LogP contribution is -1.94. The molecule has 8 aromatic carbocycles. The molecule has 10 rings (SSSR count). The summed E-state index contributed by atoms with van der Waals surface area (Å²) in [5, 5.41) is 5.07. The molecule has 0 spiro atoms. The van der Waals surface area contributed by atoms with Gasteiger partial charge in [0, 0.05) is 32.9 Å². The van der Waals surface area contributed by atoms with Crippen LogP contribution in [-0.2, 0) is 0 Å². The summed E-state index contributed by atoms with van der Waals surface area (Å²) in [6, 6.07) is 70.3. The maximum atomic E-state index is 2.42. The molecule has 0 aliphatic heterocycles. The second kappa shape index (κ2) is 11.5. The van der Waals surface area contributed by atoms with Crippen molar-refractivity contribution < 1.29 is 0 Å². The Kier molecular flexibility index (Phi) is 6.53. The van der Waals surface area contributed by atoms with E-state index >= 15 is 0 Å². The van der Waals surface area contributed by atoms with Crippen LogP contribution in [0.1, 0.15) is 0 Å². The zero-order chi connectivity index (χ0) is 33.0. The minimum atomic E-state index is 1.16. The normalized spacial score (nSPS) is 11.6. The van der Waals surface area contributed by atoms with Crippen molar-refractivity contribution in [3.63, 3.8) is 0 Å². The van der Waals surface area contributed by atoms with E-state index in [-0.39, 0.29) is 0 Å². The maximum Gasteiger partial charge on any atom is 0.0548 e. The van der Waals surface area contributed by atoms with E-state index in [1.807, 2.05) is 0 Å². The second-order valence-corrected chi connectivity index (χ2v) is 13.0. The molecule has 0 atom stereocenters. The number of rotatable bonds is 5. The van der Waals surface area contributed by atoms with Crippen LogP contribution in [0, 0.1) is 0 Å². The predicted octanol–water partition coefficient (Wildman–Crippen LogP) is 12.9. The number of nitrogens with zero attached hydrogens (tertiary/aromatic N) is 2. The molecule has 0 amide bonds. The van der Waals surface area contributed by atoms with Gasteiger partial charge in [0.25, 0.3) is 0 Å². The van der Waals surface area contributed by atoms with Gasteiger partial charge in [-0.2, -0.15) is 0 Å². The summed E-state index contributed by atoms with van der Waals surface area (Å²) in [7, 11) is 0. The summed E-state index contributed by atoms with van der Waals surface area (Å²) in [6.07, 6.45) is 0. The number of aromatic nitrogens is 2. The van der Waals surface area contributed by atoms with Crippen molar-refractivity contribution >= 4 is 43.6 Å². The first kappa shape index (κ1) is 28.4. The monoisotopic (exact) mass is 636 g/mol. The number of benzene rings is 8. The molecule has 0 bridgehead atoms. The first-order valence-corrected chi connectivity index (χ1v) is 17.2. The highest BCUT2D eigenvalue weighted by molar-refractivity contribution is 6.29. The van der Waals surface area contributed by atoms with Crippen LogP contribution in [0.2, 0.25) is 0 Å². The van der Waals surface area contributed by atoms with Gasteiger partial charge < -0.3 is 9.13 Å². The van der Waals surface area contributed by atoms with Crippen LogP contribution < -0.4 is 0 Å². The molecule has 0 N–H and O–H groups in total. The van der Waals surface area contributed by atoms with Gasteiger partial charge in [-0.05, 0) is 94.0 Å². The lowest BCUT2D eigenvalue weighted by molar-refractivity contribution is 1.17. The molecule has 2 heteroatoms. The number of hydrogen-bond acceptors (Lipinski definition) is 0. The van der Waals surface area contributed by atoms with E-state index in [4.69, 9.17) is 0 Å². The van der Waals surface area contributed by atoms with Gasteiger partial charge in [-0.15, -0.1) is 0 Å². The average molecular weight is 637 g/mol. The van der Waals surface area contributed by atoms with E-state index in [0.29, 0.717) is 0 Å². The fourth-order valence-electron chi connectivity index (χ4n) is 7.82. The Bertz CT molecular complexity index is 2820. The van der Waals surface area contributed by atoms with E-state index in [9.17, 15) is 0 Å². The minimum Gasteiger partial charge on any atom is -0.309 e. The Morgan fingerprint density at radius 2 is 0.640 bits per heavy atom. The lowest BCUT2D eigenvalue weighted by atomic mass is 9.96. The molecule has 2 nitrogen and oxygen atoms in total. The molecule has 234 valence electrons. The van der Waals surface area contributed by atoms with Crippen LogP contribution in [0.5, 0.6) is 0 Å². The van der Waals surface area contributed by atoms with Crippen molar-refractivity contribution in [1.29, 1.82) is 0 Å². The topological polar surface area (TPSA) is 9.86 Å². The Morgan fingerprint density at radius 3 is 1.28 bits per heavy atom. The summed E-state index contributed by atoms with van der Waals surface area (Å²) < 4.78 is 4.83. The Hall–Kier alpha value is -6.64. The Balaban J connectivity index is 1.20. The molecule has 2 heterocycles. The molecular formula is C48H32N2. The van der Waals surface area contributed by atoms with E-state index in [1.54, 1.807) is 0 Å². The van der Waals surface area contributed by atoms with Crippen molar-refractivity contribution in [2.75, 3.05) is 0 Å². The van der Waals surface area contributed by atoms with Gasteiger partial charge in [-0.25, -0.2) is 0 Å². The van der Waals surface area contributed by atoms with Crippen molar-refractivity contribution in [2.45, 2.75) is 0 Å². The predicted molar refractivity (Wildman–Crippen MR) is 211 cm³/mol. The zero-order valence-electron chi connectivity index (χ0n) is 27.4. The molecule has 0 unspecified atom stereocenters. The van der Waals surface area contributed by atoms with Gasteiger partial charge in [0.05, 0.1) is 22.1 Å². The largest absolute Gasteiger partial charge is 0.309 e. The van der Waals surface area contributed by atoms with Gasteiger partial charge in [0.1, 0.15) is 0 Å². The number of para-hydroxylation sites is 3. The van der Waals surface area contributed by atoms with E-state index < -0.39 is 0 Å². The number of hydrogen-bond donors (Lipinski definition) is 0. The molecular weight excluding hydrogens is 605 g/mol. The summed E-state index contributed by atoms with van der Waals surface area (Å²) in [5.41, 5.74) is 14.4. The first-order chi connectivity index (χ1) is 24.8. The Morgan fingerprint density at radius 1 is 0.240 bits per heavy atom. The van der Waals surface area contributed by atoms with Crippen LogP contribution in [-0.4, -0.2) is 9.13 Å². The first-order valence-electron chi connectivity index (χ1n) is 17.2. The molecule has 0 aliphatic carbocycles. The maximum absolute atomic E-state index is 2.42. The van der Waals surface area contributed by atoms with Crippen LogP contribution >= 0.6 is 0 Å². The highest BCUT2D eigenvalue weighted by Gasteiger charge is 2.21. The molecule has 0 aliphatic rings. The summed E-state index contributed by atoms with van der Waals surface area (Å²) in [4.78, 5) is 0. The SMILES string of the molecule is c1ccc(-c2ccc(-c3cccc(-c4ccc5c(c4)c4c6c7ccccc7n(-c7ccccc7)c6ccc4n5-c4ccccc4)c3)cc2)cc1. The molecule has 0 saturated heterocycles. The van der Waals surface area contributed by atoms with Gasteiger partial charge in [0.2, 0.25) is 0 Å². The molecule has 0 radical (unpaired) electrons. The third-order valence-corrected chi connectivity index (χ3v) is 10.1. The minimum absolute atomic E-state index is 1.16. The lowest BCUT2D eigenvalue weighted by Gasteiger charge is -2.10. The molecule has 0 fully saturated rings. The van der Waals surface area contributed by atoms with Crippen molar-refractivity contribution in [3.05, 3.63) is 194 Å². The van der Waals surface area contributed by atoms with Gasteiger partial charge in [0.15, 0.2) is 0 Å². The van der Waals surface area contributed by atoms with E-state index in [0.717, 1.165) is 5.69 Å². The zero-order valence-corrected chi connectivity index (χ0v) is 27.4. The standard InChI is InChI=1S/C48H32N2/c1-4-13-33(14-5-1)34-23-25-35(26-24-34)36-15-12-16-37(31-36)38-27-28-44-42(32-38)48-46(50(44)40-19-8-3-9-20-40)30-29-45-47(48)41-21-10-11-22-43(41)49(45)39-17-6-2-7-18-39/h1-32H. The van der Waals surface area contributed by atoms with Crippen molar-refractivity contribution in [2.24, 2.45) is 0 Å². The van der Waals surface area contributed by atoms with Crippen LogP contribution in [0.15, 0.2) is 194 Å². The third-order valence-electron chi connectivity index (χ3n) is 10.1. The summed E-state index contributed by atoms with van der Waals surface area (Å²) in [5.74, 6) is 0. The average Bonchev–Trinajstić information content (AvgIpc) is 3.71. The van der Waals surface area contributed by atoms with Gasteiger partial charge in [-0.1, -0.05) is 133 Å². The van der Waals surface area contributed by atoms with Crippen molar-refractivity contribution in [3.8, 4) is 44.8 Å². The number of fused-ring (bicyclic) bond motifs is 7. The highest BCUT2D eigenvalue weighted by Crippen LogP contribution is 2.43. The quantitative estimate of drug-likeness (QED) is 0.178. The van der Waals surface area contributed by atoms with Gasteiger partial charge >= 0.3 is 0 Å². The highest BCUT2D eigenvalue weighted by atomic mass is 15.0. The second-order valence-electron chi connectivity index (χ2n) is 13.0. The Labute approximate surface area is 290 Å². The molecule has 2 aromatic heterocycles. The molecule has 50 heavy (non-hydrogen) atoms. The smallest absolute Gasteiger partial charge is 0.0548 e. The van der Waals surface area contributed by atoms with E-state index in [1.165, 1.54) is 82.7 Å². The summed E-state index contributed by atoms with van der Waals surface area (Å²) in [6.45, 7) is 0. The van der Waals surface area contributed by atoms with Gasteiger partial charge in [-0.3, -0.25) is 0 Å². The summed E-state index contributed by atoms with van der Waals surface area (Å²) >= 11 is 0. The van der Waals surface area contributed by atoms with Crippen LogP contribution in [0.25, 0.3) is 88.4 Å². The fourth-order valence-corrected chi connectivity index (χ4v) is 7.82. The van der Waals surface area contributed by atoms with Crippen molar-refractivity contribution in [1.82, 2.24) is 9.13 Å². The van der Waals surface area contributed by atoms with Crippen LogP contribution in [0.3, 0.4) is 0 Å².